The van der Waals surface area contributed by atoms with Crippen molar-refractivity contribution in [1.29, 1.82) is 0 Å². The van der Waals surface area contributed by atoms with E-state index >= 15 is 0 Å². The van der Waals surface area contributed by atoms with Gasteiger partial charge in [0.05, 0.1) is 6.10 Å². The average Bonchev–Trinajstić information content (AvgIpc) is 2.35. The molecular formula is C20H36O2. The highest BCUT2D eigenvalue weighted by Gasteiger charge is 2.53. The van der Waals surface area contributed by atoms with E-state index in [0.717, 1.165) is 19.3 Å². The lowest BCUT2D eigenvalue weighted by atomic mass is 9.47. The van der Waals surface area contributed by atoms with E-state index < -0.39 is 0 Å². The molecule has 22 heavy (non-hydrogen) atoms. The molecule has 0 bridgehead atoms. The maximum atomic E-state index is 10.5. The van der Waals surface area contributed by atoms with Crippen LogP contribution in [-0.2, 0) is 0 Å². The molecule has 2 N–H and O–H groups in total. The Bertz CT molecular complexity index is 412. The van der Waals surface area contributed by atoms with Crippen molar-refractivity contribution in [2.24, 2.45) is 28.6 Å². The topological polar surface area (TPSA) is 40.5 Å². The summed E-state index contributed by atoms with van der Waals surface area (Å²) in [5.74, 6) is 1.84. The van der Waals surface area contributed by atoms with Gasteiger partial charge in [0.2, 0.25) is 0 Å². The van der Waals surface area contributed by atoms with Gasteiger partial charge < -0.3 is 10.2 Å². The largest absolute Gasteiger partial charge is 0.396 e. The molecule has 2 nitrogen and oxygen atoms in total. The summed E-state index contributed by atoms with van der Waals surface area (Å²) in [6, 6.07) is 0. The monoisotopic (exact) mass is 308 g/mol. The van der Waals surface area contributed by atoms with Crippen LogP contribution in [0.2, 0.25) is 0 Å². The number of rotatable bonds is 5. The van der Waals surface area contributed by atoms with Crippen LogP contribution in [0, 0.1) is 28.6 Å². The highest BCUT2D eigenvalue weighted by atomic mass is 16.3. The summed E-state index contributed by atoms with van der Waals surface area (Å²) in [4.78, 5) is 0. The molecule has 5 atom stereocenters. The van der Waals surface area contributed by atoms with E-state index in [2.05, 4.69) is 40.7 Å². The Morgan fingerprint density at radius 1 is 1.23 bits per heavy atom. The van der Waals surface area contributed by atoms with E-state index in [-0.39, 0.29) is 16.9 Å². The Labute approximate surface area is 137 Å². The minimum atomic E-state index is -0.153. The van der Waals surface area contributed by atoms with Crippen LogP contribution >= 0.6 is 0 Å². The third-order valence-electron chi connectivity index (χ3n) is 6.77. The molecule has 2 aliphatic rings. The fourth-order valence-corrected chi connectivity index (χ4v) is 5.68. The lowest BCUT2D eigenvalue weighted by Gasteiger charge is -2.58. The lowest BCUT2D eigenvalue weighted by Crippen LogP contribution is -2.52. The average molecular weight is 309 g/mol. The highest BCUT2D eigenvalue weighted by molar-refractivity contribution is 5.19. The maximum absolute atomic E-state index is 10.5. The number of aliphatic hydroxyl groups is 2. The predicted octanol–water partition coefficient (Wildman–Crippen LogP) is 4.55. The van der Waals surface area contributed by atoms with Gasteiger partial charge in [0, 0.05) is 6.61 Å². The number of hydrogen-bond donors (Lipinski definition) is 2. The van der Waals surface area contributed by atoms with Gasteiger partial charge in [-0.1, -0.05) is 45.8 Å². The molecule has 2 rings (SSSR count). The molecule has 0 aromatic rings. The van der Waals surface area contributed by atoms with E-state index in [0.29, 0.717) is 24.4 Å². The van der Waals surface area contributed by atoms with Crippen molar-refractivity contribution >= 4 is 0 Å². The van der Waals surface area contributed by atoms with Crippen LogP contribution in [0.3, 0.4) is 0 Å². The number of aliphatic hydroxyl groups excluding tert-OH is 2. The first kappa shape index (κ1) is 18.0. The first-order valence-electron chi connectivity index (χ1n) is 9.16. The van der Waals surface area contributed by atoms with Crippen LogP contribution in [0.5, 0.6) is 0 Å². The Hall–Kier alpha value is -0.340. The summed E-state index contributed by atoms with van der Waals surface area (Å²) < 4.78 is 0. The number of fused-ring (bicyclic) bond motifs is 1. The van der Waals surface area contributed by atoms with E-state index in [1.165, 1.54) is 24.8 Å². The molecule has 0 heterocycles. The summed E-state index contributed by atoms with van der Waals surface area (Å²) in [5.41, 5.74) is 1.97. The van der Waals surface area contributed by atoms with Gasteiger partial charge in [-0.05, 0) is 67.6 Å². The third-order valence-corrected chi connectivity index (χ3v) is 6.77. The molecular weight excluding hydrogens is 272 g/mol. The van der Waals surface area contributed by atoms with Gasteiger partial charge in [-0.3, -0.25) is 0 Å². The summed E-state index contributed by atoms with van der Waals surface area (Å²) >= 11 is 0. The summed E-state index contributed by atoms with van der Waals surface area (Å²) in [6.45, 7) is 12.0. The SMILES string of the molecule is CC1=CC[C@H]2C(C)(C)C[C@@H](O)C[C@@]2(C)[C@H]1CC[C@H](C)CCO. The van der Waals surface area contributed by atoms with Crippen molar-refractivity contribution in [3.8, 4) is 0 Å². The molecule has 0 radical (unpaired) electrons. The molecule has 0 aromatic heterocycles. The quantitative estimate of drug-likeness (QED) is 0.731. The lowest BCUT2D eigenvalue weighted by molar-refractivity contribution is -0.0960. The standard InChI is InChI=1S/C20H36O2/c1-14(10-11-21)6-8-17-15(2)7-9-18-19(3,4)12-16(22)13-20(17,18)5/h7,14,16-18,21-22H,6,8-13H2,1-5H3/t14-,16+,17-,18-,20-/m0/s1. The van der Waals surface area contributed by atoms with Gasteiger partial charge in [-0.2, -0.15) is 0 Å². The Morgan fingerprint density at radius 2 is 1.91 bits per heavy atom. The predicted molar refractivity (Wildman–Crippen MR) is 92.6 cm³/mol. The van der Waals surface area contributed by atoms with Crippen molar-refractivity contribution < 1.29 is 10.2 Å². The molecule has 0 saturated heterocycles. The van der Waals surface area contributed by atoms with Crippen LogP contribution in [0.25, 0.3) is 0 Å². The van der Waals surface area contributed by atoms with Gasteiger partial charge >= 0.3 is 0 Å². The zero-order valence-corrected chi connectivity index (χ0v) is 15.2. The van der Waals surface area contributed by atoms with E-state index in [1.807, 2.05) is 0 Å². The van der Waals surface area contributed by atoms with Crippen molar-refractivity contribution in [3.05, 3.63) is 11.6 Å². The van der Waals surface area contributed by atoms with Gasteiger partial charge in [-0.25, -0.2) is 0 Å². The molecule has 1 fully saturated rings. The van der Waals surface area contributed by atoms with Gasteiger partial charge in [-0.15, -0.1) is 0 Å². The summed E-state index contributed by atoms with van der Waals surface area (Å²) in [7, 11) is 0. The van der Waals surface area contributed by atoms with Crippen LogP contribution in [-0.4, -0.2) is 22.9 Å². The Morgan fingerprint density at radius 3 is 2.55 bits per heavy atom. The van der Waals surface area contributed by atoms with Crippen LogP contribution < -0.4 is 0 Å². The molecule has 0 unspecified atom stereocenters. The molecule has 0 aliphatic heterocycles. The summed E-state index contributed by atoms with van der Waals surface area (Å²) in [5, 5.41) is 19.6. The highest BCUT2D eigenvalue weighted by Crippen LogP contribution is 2.60. The maximum Gasteiger partial charge on any atom is 0.0551 e. The second kappa shape index (κ2) is 6.65. The van der Waals surface area contributed by atoms with Gasteiger partial charge in [0.25, 0.3) is 0 Å². The van der Waals surface area contributed by atoms with Crippen molar-refractivity contribution in [1.82, 2.24) is 0 Å². The molecule has 128 valence electrons. The second-order valence-corrected chi connectivity index (χ2v) is 9.04. The normalized spacial score (nSPS) is 39.0. The molecule has 2 heteroatoms. The molecule has 2 aliphatic carbocycles. The smallest absolute Gasteiger partial charge is 0.0551 e. The van der Waals surface area contributed by atoms with E-state index in [4.69, 9.17) is 5.11 Å². The van der Waals surface area contributed by atoms with Gasteiger partial charge in [0.1, 0.15) is 0 Å². The fraction of sp³-hybridized carbons (Fsp3) is 0.900. The van der Waals surface area contributed by atoms with Crippen molar-refractivity contribution in [2.45, 2.75) is 79.2 Å². The number of allylic oxidation sites excluding steroid dienone is 2. The minimum Gasteiger partial charge on any atom is -0.396 e. The molecule has 1 saturated carbocycles. The molecule has 0 spiro atoms. The zero-order chi connectivity index (χ0) is 16.5. The minimum absolute atomic E-state index is 0.153. The third kappa shape index (κ3) is 3.43. The first-order chi connectivity index (χ1) is 10.2. The first-order valence-corrected chi connectivity index (χ1v) is 9.16. The molecule has 0 aromatic carbocycles. The molecule has 0 amide bonds. The van der Waals surface area contributed by atoms with E-state index in [1.54, 1.807) is 0 Å². The van der Waals surface area contributed by atoms with Crippen LogP contribution in [0.4, 0.5) is 0 Å². The Kier molecular flexibility index (Phi) is 5.44. The van der Waals surface area contributed by atoms with Crippen molar-refractivity contribution in [2.75, 3.05) is 6.61 Å². The van der Waals surface area contributed by atoms with Crippen LogP contribution in [0.1, 0.15) is 73.1 Å². The van der Waals surface area contributed by atoms with Crippen LogP contribution in [0.15, 0.2) is 11.6 Å². The number of hydrogen-bond acceptors (Lipinski definition) is 2. The van der Waals surface area contributed by atoms with E-state index in [9.17, 15) is 5.11 Å². The summed E-state index contributed by atoms with van der Waals surface area (Å²) in [6.07, 6.45) is 8.65. The van der Waals surface area contributed by atoms with Gasteiger partial charge in [0.15, 0.2) is 0 Å². The fourth-order valence-electron chi connectivity index (χ4n) is 5.68. The Balaban J connectivity index is 2.20. The zero-order valence-electron chi connectivity index (χ0n) is 15.2. The van der Waals surface area contributed by atoms with Crippen molar-refractivity contribution in [3.63, 3.8) is 0 Å². The second-order valence-electron chi connectivity index (χ2n) is 9.04.